The quantitative estimate of drug-likeness (QED) is 0.279. The van der Waals surface area contributed by atoms with Gasteiger partial charge in [0.05, 0.1) is 5.54 Å². The van der Waals surface area contributed by atoms with Crippen LogP contribution >= 0.6 is 0 Å². The second-order valence-corrected chi connectivity index (χ2v) is 2.96. The number of hydrogen-bond donors (Lipinski definition) is 3. The van der Waals surface area contributed by atoms with Gasteiger partial charge in [-0.15, -0.1) is 0 Å². The number of aliphatic imine (C=N–C) groups is 1. The molecule has 0 radical (unpaired) electrons. The summed E-state index contributed by atoms with van der Waals surface area (Å²) in [7, 11) is 0. The second kappa shape index (κ2) is 2.46. The highest BCUT2D eigenvalue weighted by molar-refractivity contribution is 5.77. The van der Waals surface area contributed by atoms with Gasteiger partial charge < -0.3 is 5.73 Å². The van der Waals surface area contributed by atoms with Crippen molar-refractivity contribution in [2.24, 2.45) is 10.7 Å². The predicted octanol–water partition coefficient (Wildman–Crippen LogP) is 0.222. The fourth-order valence-corrected chi connectivity index (χ4v) is 1.12. The molecule has 0 unspecified atom stereocenters. The van der Waals surface area contributed by atoms with E-state index >= 15 is 0 Å². The van der Waals surface area contributed by atoms with Crippen LogP contribution in [0.15, 0.2) is 4.99 Å². The van der Waals surface area contributed by atoms with Gasteiger partial charge in [0, 0.05) is 0 Å². The van der Waals surface area contributed by atoms with E-state index in [0.717, 1.165) is 12.8 Å². The van der Waals surface area contributed by atoms with E-state index in [1.54, 1.807) is 0 Å². The van der Waals surface area contributed by atoms with Crippen LogP contribution in [0.3, 0.4) is 0 Å². The van der Waals surface area contributed by atoms with Gasteiger partial charge in [0.15, 0.2) is 0 Å². The second-order valence-electron chi connectivity index (χ2n) is 2.96. The lowest BCUT2D eigenvalue weighted by Gasteiger charge is -2.34. The van der Waals surface area contributed by atoms with E-state index in [1.807, 2.05) is 12.4 Å². The van der Waals surface area contributed by atoms with Gasteiger partial charge in [-0.3, -0.25) is 5.21 Å². The van der Waals surface area contributed by atoms with Gasteiger partial charge in [0.1, 0.15) is 0 Å². The number of nitrogens with zero attached hydrogens (tertiary/aromatic N) is 1. The molecule has 1 saturated carbocycles. The third-order valence-electron chi connectivity index (χ3n) is 1.94. The lowest BCUT2D eigenvalue weighted by Crippen LogP contribution is -2.38. The number of guanidine groups is 1. The number of nitrogens with two attached hydrogens (primary N) is 1. The summed E-state index contributed by atoms with van der Waals surface area (Å²) in [5, 5.41) is 8.31. The molecule has 1 rings (SSSR count). The topological polar surface area (TPSA) is 70.6 Å². The number of rotatable bonds is 1. The fraction of sp³-hybridized carbons (Fsp3) is 0.833. The average Bonchev–Trinajstić information content (AvgIpc) is 1.84. The van der Waals surface area contributed by atoms with Crippen molar-refractivity contribution < 1.29 is 5.21 Å². The molecule has 1 aliphatic rings. The number of hydrogen-bond acceptors (Lipinski definition) is 2. The summed E-state index contributed by atoms with van der Waals surface area (Å²) in [6.45, 7) is 2.03. The van der Waals surface area contributed by atoms with Crippen molar-refractivity contribution in [2.45, 2.75) is 31.7 Å². The van der Waals surface area contributed by atoms with Crippen LogP contribution in [0, 0.1) is 0 Å². The van der Waals surface area contributed by atoms with E-state index in [0.29, 0.717) is 0 Å². The monoisotopic (exact) mass is 143 g/mol. The maximum absolute atomic E-state index is 8.31. The van der Waals surface area contributed by atoms with Gasteiger partial charge in [-0.2, -0.15) is 0 Å². The minimum absolute atomic E-state index is 0.0141. The molecular weight excluding hydrogens is 130 g/mol. The van der Waals surface area contributed by atoms with Crippen molar-refractivity contribution in [3.8, 4) is 0 Å². The Kier molecular flexibility index (Phi) is 1.80. The van der Waals surface area contributed by atoms with E-state index in [2.05, 4.69) is 4.99 Å². The van der Waals surface area contributed by atoms with Gasteiger partial charge in [-0.1, -0.05) is 0 Å². The van der Waals surface area contributed by atoms with Crippen LogP contribution in [0.25, 0.3) is 0 Å². The Hall–Kier alpha value is -0.770. The molecule has 0 aromatic carbocycles. The Bertz CT molecular complexity index is 151. The van der Waals surface area contributed by atoms with Gasteiger partial charge >= 0.3 is 0 Å². The van der Waals surface area contributed by atoms with Crippen molar-refractivity contribution in [3.63, 3.8) is 0 Å². The normalized spacial score (nSPS) is 23.6. The standard InChI is InChI=1S/C6H13N3O/c1-6(3-2-4-6)8-5(7)9-10/h10H,2-4H2,1H3,(H3,7,8,9). The Morgan fingerprint density at radius 2 is 2.30 bits per heavy atom. The number of nitrogens with one attached hydrogen (secondary N) is 1. The van der Waals surface area contributed by atoms with E-state index in [9.17, 15) is 0 Å². The van der Waals surface area contributed by atoms with Crippen LogP contribution in [-0.4, -0.2) is 16.7 Å². The number of hydroxylamine groups is 1. The molecule has 4 heteroatoms. The molecule has 0 heterocycles. The zero-order chi connectivity index (χ0) is 7.61. The molecule has 0 atom stereocenters. The zero-order valence-electron chi connectivity index (χ0n) is 6.09. The SMILES string of the molecule is CC1(N=C(N)NO)CCC1. The molecule has 0 spiro atoms. The largest absolute Gasteiger partial charge is 0.368 e. The molecule has 58 valence electrons. The molecule has 0 aromatic heterocycles. The van der Waals surface area contributed by atoms with Gasteiger partial charge in [-0.05, 0) is 26.2 Å². The van der Waals surface area contributed by atoms with Gasteiger partial charge in [-0.25, -0.2) is 10.5 Å². The first-order valence-electron chi connectivity index (χ1n) is 3.42. The Labute approximate surface area is 60.1 Å². The third-order valence-corrected chi connectivity index (χ3v) is 1.94. The Morgan fingerprint density at radius 3 is 2.60 bits per heavy atom. The molecule has 0 aromatic rings. The van der Waals surface area contributed by atoms with Gasteiger partial charge in [0.25, 0.3) is 0 Å². The molecule has 10 heavy (non-hydrogen) atoms. The summed E-state index contributed by atoms with van der Waals surface area (Å²) in [6.07, 6.45) is 3.34. The van der Waals surface area contributed by atoms with Crippen molar-refractivity contribution >= 4 is 5.96 Å². The van der Waals surface area contributed by atoms with Crippen LogP contribution < -0.4 is 11.2 Å². The molecule has 0 aliphatic heterocycles. The Morgan fingerprint density at radius 1 is 1.70 bits per heavy atom. The zero-order valence-corrected chi connectivity index (χ0v) is 6.09. The third kappa shape index (κ3) is 1.39. The van der Waals surface area contributed by atoms with Crippen LogP contribution in [0.1, 0.15) is 26.2 Å². The van der Waals surface area contributed by atoms with Crippen LogP contribution in [-0.2, 0) is 0 Å². The van der Waals surface area contributed by atoms with E-state index in [4.69, 9.17) is 10.9 Å². The summed E-state index contributed by atoms with van der Waals surface area (Å²) in [6, 6.07) is 0. The van der Waals surface area contributed by atoms with Crippen molar-refractivity contribution in [1.29, 1.82) is 0 Å². The average molecular weight is 143 g/mol. The maximum atomic E-state index is 8.31. The fourth-order valence-electron chi connectivity index (χ4n) is 1.12. The highest BCUT2D eigenvalue weighted by Crippen LogP contribution is 2.34. The molecule has 0 saturated heterocycles. The molecular formula is C6H13N3O. The summed E-state index contributed by atoms with van der Waals surface area (Å²) >= 11 is 0. The lowest BCUT2D eigenvalue weighted by atomic mass is 9.79. The van der Waals surface area contributed by atoms with E-state index in [-0.39, 0.29) is 11.5 Å². The highest BCUT2D eigenvalue weighted by atomic mass is 16.5. The predicted molar refractivity (Wildman–Crippen MR) is 38.8 cm³/mol. The maximum Gasteiger partial charge on any atom is 0.213 e. The molecule has 4 N–H and O–H groups in total. The summed E-state index contributed by atoms with van der Waals surface area (Å²) in [4.78, 5) is 4.07. The first-order valence-corrected chi connectivity index (χ1v) is 3.42. The molecule has 1 aliphatic carbocycles. The molecule has 0 bridgehead atoms. The smallest absolute Gasteiger partial charge is 0.213 e. The first-order chi connectivity index (χ1) is 4.66. The minimum atomic E-state index is -0.0141. The van der Waals surface area contributed by atoms with Crippen LogP contribution in [0.5, 0.6) is 0 Å². The summed E-state index contributed by atoms with van der Waals surface area (Å²) < 4.78 is 0. The molecule has 4 nitrogen and oxygen atoms in total. The van der Waals surface area contributed by atoms with Crippen molar-refractivity contribution in [1.82, 2.24) is 5.48 Å². The van der Waals surface area contributed by atoms with Gasteiger partial charge in [0.2, 0.25) is 5.96 Å². The first kappa shape index (κ1) is 7.34. The van der Waals surface area contributed by atoms with Crippen LogP contribution in [0.4, 0.5) is 0 Å². The molecule has 1 fully saturated rings. The van der Waals surface area contributed by atoms with Crippen molar-refractivity contribution in [3.05, 3.63) is 0 Å². The van der Waals surface area contributed by atoms with Crippen molar-refractivity contribution in [2.75, 3.05) is 0 Å². The van der Waals surface area contributed by atoms with E-state index in [1.165, 1.54) is 6.42 Å². The summed E-state index contributed by atoms with van der Waals surface area (Å²) in [5.74, 6) is 0.113. The highest BCUT2D eigenvalue weighted by Gasteiger charge is 2.31. The van der Waals surface area contributed by atoms with Crippen LogP contribution in [0.2, 0.25) is 0 Å². The minimum Gasteiger partial charge on any atom is -0.368 e. The Balaban J connectivity index is 2.49. The summed E-state index contributed by atoms with van der Waals surface area (Å²) in [5.41, 5.74) is 7.06. The van der Waals surface area contributed by atoms with E-state index < -0.39 is 0 Å². The molecule has 0 amide bonds. The lowest BCUT2D eigenvalue weighted by molar-refractivity contribution is 0.224.